The van der Waals surface area contributed by atoms with Crippen LogP contribution >= 0.6 is 11.3 Å². The molecule has 0 aliphatic heterocycles. The van der Waals surface area contributed by atoms with Gasteiger partial charge in [-0.25, -0.2) is 4.98 Å². The van der Waals surface area contributed by atoms with Crippen LogP contribution in [-0.2, 0) is 6.61 Å². The van der Waals surface area contributed by atoms with Gasteiger partial charge in [0, 0.05) is 17.3 Å². The first-order chi connectivity index (χ1) is 6.33. The Bertz CT molecular complexity index is 392. The smallest absolute Gasteiger partial charge is 0.193 e. The van der Waals surface area contributed by atoms with Crippen molar-refractivity contribution in [3.05, 3.63) is 35.1 Å². The van der Waals surface area contributed by atoms with Gasteiger partial charge in [0.25, 0.3) is 0 Å². The fourth-order valence-electron chi connectivity index (χ4n) is 1.32. The van der Waals surface area contributed by atoms with Crippen LogP contribution in [0.2, 0.25) is 0 Å². The molecular formula is C9H10N2OS. The van der Waals surface area contributed by atoms with Gasteiger partial charge in [0.15, 0.2) is 5.13 Å². The molecule has 0 bridgehead atoms. The average Bonchev–Trinajstić information content (AvgIpc) is 2.72. The summed E-state index contributed by atoms with van der Waals surface area (Å²) in [5.74, 6) is 0. The number of aliphatic hydroxyl groups is 1. The van der Waals surface area contributed by atoms with E-state index in [1.54, 1.807) is 17.5 Å². The molecule has 0 saturated carbocycles. The monoisotopic (exact) mass is 194 g/mol. The molecule has 2 aromatic heterocycles. The predicted octanol–water partition coefficient (Wildman–Crippen LogP) is 1.73. The van der Waals surface area contributed by atoms with Crippen LogP contribution < -0.4 is 0 Å². The Balaban J connectivity index is 2.55. The van der Waals surface area contributed by atoms with Gasteiger partial charge < -0.3 is 5.11 Å². The fourth-order valence-corrected chi connectivity index (χ4v) is 2.05. The minimum Gasteiger partial charge on any atom is -0.390 e. The van der Waals surface area contributed by atoms with E-state index in [-0.39, 0.29) is 6.61 Å². The molecule has 0 fully saturated rings. The highest BCUT2D eigenvalue weighted by molar-refractivity contribution is 7.12. The van der Waals surface area contributed by atoms with Gasteiger partial charge in [0.05, 0.1) is 12.3 Å². The lowest BCUT2D eigenvalue weighted by Crippen LogP contribution is -2.00. The zero-order valence-electron chi connectivity index (χ0n) is 7.27. The zero-order valence-corrected chi connectivity index (χ0v) is 8.08. The molecule has 0 spiro atoms. The molecule has 0 aliphatic rings. The summed E-state index contributed by atoms with van der Waals surface area (Å²) in [4.78, 5) is 4.20. The maximum atomic E-state index is 9.09. The van der Waals surface area contributed by atoms with Crippen LogP contribution in [0.5, 0.6) is 0 Å². The summed E-state index contributed by atoms with van der Waals surface area (Å²) in [5.41, 5.74) is 1.98. The van der Waals surface area contributed by atoms with Crippen LogP contribution in [0.1, 0.15) is 11.4 Å². The minimum atomic E-state index is 0.0490. The van der Waals surface area contributed by atoms with Crippen molar-refractivity contribution >= 4 is 11.3 Å². The standard InChI is InChI=1S/C9H10N2OS/c1-7-2-3-8(6-12)11(7)9-10-4-5-13-9/h2-5,12H,6H2,1H3. The molecule has 0 unspecified atom stereocenters. The third kappa shape index (κ3) is 1.38. The topological polar surface area (TPSA) is 38.0 Å². The number of hydrogen-bond acceptors (Lipinski definition) is 3. The molecule has 13 heavy (non-hydrogen) atoms. The first-order valence-electron chi connectivity index (χ1n) is 4.01. The molecule has 3 nitrogen and oxygen atoms in total. The normalized spacial score (nSPS) is 10.6. The molecule has 0 radical (unpaired) electrons. The number of hydrogen-bond donors (Lipinski definition) is 1. The van der Waals surface area contributed by atoms with Crippen molar-refractivity contribution < 1.29 is 5.11 Å². The van der Waals surface area contributed by atoms with Crippen molar-refractivity contribution in [3.8, 4) is 5.13 Å². The SMILES string of the molecule is Cc1ccc(CO)n1-c1nccs1. The van der Waals surface area contributed by atoms with Gasteiger partial charge in [-0.05, 0) is 19.1 Å². The van der Waals surface area contributed by atoms with Crippen molar-refractivity contribution in [3.63, 3.8) is 0 Å². The van der Waals surface area contributed by atoms with Crippen LogP contribution in [0.4, 0.5) is 0 Å². The highest BCUT2D eigenvalue weighted by Gasteiger charge is 2.07. The fraction of sp³-hybridized carbons (Fsp3) is 0.222. The lowest BCUT2D eigenvalue weighted by molar-refractivity contribution is 0.274. The van der Waals surface area contributed by atoms with Crippen molar-refractivity contribution in [2.75, 3.05) is 0 Å². The van der Waals surface area contributed by atoms with Gasteiger partial charge in [-0.2, -0.15) is 0 Å². The van der Waals surface area contributed by atoms with Crippen molar-refractivity contribution in [1.82, 2.24) is 9.55 Å². The van der Waals surface area contributed by atoms with E-state index in [1.807, 2.05) is 29.0 Å². The Morgan fingerprint density at radius 3 is 3.00 bits per heavy atom. The lowest BCUT2D eigenvalue weighted by Gasteiger charge is -2.04. The van der Waals surface area contributed by atoms with Crippen molar-refractivity contribution in [1.29, 1.82) is 0 Å². The molecule has 0 amide bonds. The van der Waals surface area contributed by atoms with E-state index >= 15 is 0 Å². The lowest BCUT2D eigenvalue weighted by atomic mass is 10.4. The van der Waals surface area contributed by atoms with Crippen LogP contribution in [-0.4, -0.2) is 14.7 Å². The summed E-state index contributed by atoms with van der Waals surface area (Å²) in [7, 11) is 0. The van der Waals surface area contributed by atoms with E-state index in [0.717, 1.165) is 16.5 Å². The van der Waals surface area contributed by atoms with Gasteiger partial charge in [-0.15, -0.1) is 11.3 Å². The molecule has 0 atom stereocenters. The Labute approximate surface area is 80.3 Å². The number of aliphatic hydroxyl groups excluding tert-OH is 1. The van der Waals surface area contributed by atoms with Gasteiger partial charge in [0.2, 0.25) is 0 Å². The molecule has 0 aromatic carbocycles. The maximum absolute atomic E-state index is 9.09. The summed E-state index contributed by atoms with van der Waals surface area (Å²) in [6.07, 6.45) is 1.76. The van der Waals surface area contributed by atoms with Crippen LogP contribution in [0.3, 0.4) is 0 Å². The molecule has 2 rings (SSSR count). The first kappa shape index (κ1) is 8.47. The Morgan fingerprint density at radius 1 is 1.54 bits per heavy atom. The molecule has 0 saturated heterocycles. The number of thiazole rings is 1. The third-order valence-corrected chi connectivity index (χ3v) is 2.69. The van der Waals surface area contributed by atoms with Gasteiger partial charge in [0.1, 0.15) is 0 Å². The Hall–Kier alpha value is -1.13. The third-order valence-electron chi connectivity index (χ3n) is 1.93. The summed E-state index contributed by atoms with van der Waals surface area (Å²) in [6.45, 7) is 2.05. The van der Waals surface area contributed by atoms with E-state index in [2.05, 4.69) is 4.98 Å². The Morgan fingerprint density at radius 2 is 2.38 bits per heavy atom. The van der Waals surface area contributed by atoms with E-state index in [0.29, 0.717) is 0 Å². The second-order valence-electron chi connectivity index (χ2n) is 2.77. The molecule has 1 N–H and O–H groups in total. The highest BCUT2D eigenvalue weighted by Crippen LogP contribution is 2.18. The molecule has 0 aliphatic carbocycles. The maximum Gasteiger partial charge on any atom is 0.193 e. The molecular weight excluding hydrogens is 184 g/mol. The quantitative estimate of drug-likeness (QED) is 0.790. The van der Waals surface area contributed by atoms with E-state index in [4.69, 9.17) is 5.11 Å². The van der Waals surface area contributed by atoms with Crippen LogP contribution in [0.15, 0.2) is 23.7 Å². The average molecular weight is 194 g/mol. The summed E-state index contributed by atoms with van der Waals surface area (Å²) in [6, 6.07) is 3.89. The number of aryl methyl sites for hydroxylation is 1. The van der Waals surface area contributed by atoms with Crippen LogP contribution in [0.25, 0.3) is 5.13 Å². The Kier molecular flexibility index (Phi) is 2.16. The molecule has 68 valence electrons. The second kappa shape index (κ2) is 3.32. The zero-order chi connectivity index (χ0) is 9.26. The van der Waals surface area contributed by atoms with Crippen molar-refractivity contribution in [2.24, 2.45) is 0 Å². The summed E-state index contributed by atoms with van der Waals surface area (Å²) < 4.78 is 1.96. The predicted molar refractivity (Wildman–Crippen MR) is 52.1 cm³/mol. The highest BCUT2D eigenvalue weighted by atomic mass is 32.1. The van der Waals surface area contributed by atoms with Crippen LogP contribution in [0, 0.1) is 6.92 Å². The number of rotatable bonds is 2. The van der Waals surface area contributed by atoms with E-state index in [1.165, 1.54) is 0 Å². The van der Waals surface area contributed by atoms with Gasteiger partial charge in [-0.3, -0.25) is 4.57 Å². The largest absolute Gasteiger partial charge is 0.390 e. The van der Waals surface area contributed by atoms with E-state index in [9.17, 15) is 0 Å². The van der Waals surface area contributed by atoms with E-state index < -0.39 is 0 Å². The van der Waals surface area contributed by atoms with Gasteiger partial charge in [-0.1, -0.05) is 0 Å². The van der Waals surface area contributed by atoms with Crippen molar-refractivity contribution in [2.45, 2.75) is 13.5 Å². The number of nitrogens with zero attached hydrogens (tertiary/aromatic N) is 2. The van der Waals surface area contributed by atoms with Gasteiger partial charge >= 0.3 is 0 Å². The molecule has 4 heteroatoms. The number of aromatic nitrogens is 2. The summed E-state index contributed by atoms with van der Waals surface area (Å²) in [5, 5.41) is 11.9. The first-order valence-corrected chi connectivity index (χ1v) is 4.89. The second-order valence-corrected chi connectivity index (χ2v) is 3.65. The minimum absolute atomic E-state index is 0.0490. The molecule has 2 heterocycles. The summed E-state index contributed by atoms with van der Waals surface area (Å²) >= 11 is 1.57. The molecule has 2 aromatic rings.